The van der Waals surface area contributed by atoms with Gasteiger partial charge in [-0.25, -0.2) is 0 Å². The zero-order chi connectivity index (χ0) is 11.4. The number of unbranched alkanes of at least 4 members (excludes halogenated alkanes) is 7. The normalized spacial score (nSPS) is 10.3. The largest absolute Gasteiger partial charge is 0.395 e. The third-order valence-corrected chi connectivity index (χ3v) is 2.91. The monoisotopic (exact) mass is 250 g/mol. The molecule has 0 aliphatic rings. The molecule has 4 heteroatoms. The molecule has 0 fully saturated rings. The van der Waals surface area contributed by atoms with Crippen molar-refractivity contribution >= 4 is 31.5 Å². The van der Waals surface area contributed by atoms with Crippen LogP contribution in [0.5, 0.6) is 0 Å². The average molecular weight is 250 g/mol. The van der Waals surface area contributed by atoms with Crippen molar-refractivity contribution in [1.82, 2.24) is 0 Å². The van der Waals surface area contributed by atoms with E-state index < -0.39 is 0 Å². The number of hydrogen-bond donors (Lipinski definition) is 2. The Labute approximate surface area is 104 Å². The molecule has 0 saturated heterocycles. The lowest BCUT2D eigenvalue weighted by Gasteiger charge is -2.01. The fourth-order valence-corrected chi connectivity index (χ4v) is 1.80. The maximum Gasteiger partial charge on any atom is 0.317 e. The minimum atomic E-state index is -0.216. The first kappa shape index (κ1) is 15.2. The second kappa shape index (κ2) is 12.2. The third-order valence-electron chi connectivity index (χ3n) is 2.39. The Morgan fingerprint density at radius 3 is 1.80 bits per heavy atom. The fraction of sp³-hybridized carbons (Fsp3) is 0.909. The minimum absolute atomic E-state index is 0.216. The van der Waals surface area contributed by atoms with Crippen LogP contribution in [0.25, 0.3) is 0 Å². The molecule has 0 atom stereocenters. The van der Waals surface area contributed by atoms with E-state index in [2.05, 4.69) is 29.7 Å². The molecule has 0 unspecified atom stereocenters. The Bertz CT molecular complexity index is 152. The van der Waals surface area contributed by atoms with E-state index in [0.29, 0.717) is 6.42 Å². The molecule has 0 aromatic rings. The smallest absolute Gasteiger partial charge is 0.317 e. The van der Waals surface area contributed by atoms with Gasteiger partial charge in [-0.05, 0) is 18.6 Å². The predicted octanol–water partition coefficient (Wildman–Crippen LogP) is 3.82. The van der Waals surface area contributed by atoms with Gasteiger partial charge in [-0.1, -0.05) is 38.5 Å². The predicted molar refractivity (Wildman–Crippen MR) is 70.5 cm³/mol. The molecule has 0 aromatic heterocycles. The molecule has 0 spiro atoms. The van der Waals surface area contributed by atoms with Crippen molar-refractivity contribution in [3.05, 3.63) is 0 Å². The van der Waals surface area contributed by atoms with Crippen LogP contribution >= 0.6 is 25.5 Å². The van der Waals surface area contributed by atoms with Crippen LogP contribution in [0.3, 0.4) is 0 Å². The number of carbonyl (C=O) groups excluding carboxylic acids is 1. The highest BCUT2D eigenvalue weighted by molar-refractivity contribution is 7.80. The van der Waals surface area contributed by atoms with Crippen LogP contribution in [0.15, 0.2) is 0 Å². The molecule has 90 valence electrons. The van der Waals surface area contributed by atoms with Crippen molar-refractivity contribution in [2.75, 3.05) is 5.75 Å². The molecular formula is C11H22O2S2. The van der Waals surface area contributed by atoms with Crippen LogP contribution in [0.2, 0.25) is 0 Å². The van der Waals surface area contributed by atoms with Crippen molar-refractivity contribution in [1.29, 1.82) is 0 Å². The van der Waals surface area contributed by atoms with Gasteiger partial charge in [-0.15, -0.1) is 0 Å². The molecule has 0 saturated carbocycles. The fourth-order valence-electron chi connectivity index (χ4n) is 1.49. The first-order chi connectivity index (χ1) is 7.31. The lowest BCUT2D eigenvalue weighted by atomic mass is 10.1. The second-order valence-corrected chi connectivity index (χ2v) is 4.40. The zero-order valence-electron chi connectivity index (χ0n) is 9.28. The molecule has 0 aromatic carbocycles. The molecule has 15 heavy (non-hydrogen) atoms. The topological polar surface area (TPSA) is 26.3 Å². The summed E-state index contributed by atoms with van der Waals surface area (Å²) in [4.78, 5) is 10.7. The number of hydrogen-bond acceptors (Lipinski definition) is 4. The van der Waals surface area contributed by atoms with Crippen LogP contribution in [0.4, 0.5) is 0 Å². The molecule has 0 radical (unpaired) electrons. The summed E-state index contributed by atoms with van der Waals surface area (Å²) < 4.78 is 4.27. The van der Waals surface area contributed by atoms with E-state index >= 15 is 0 Å². The van der Waals surface area contributed by atoms with Gasteiger partial charge in [0.25, 0.3) is 0 Å². The summed E-state index contributed by atoms with van der Waals surface area (Å²) in [6, 6.07) is 0. The summed E-state index contributed by atoms with van der Waals surface area (Å²) in [7, 11) is 0. The summed E-state index contributed by atoms with van der Waals surface area (Å²) in [6.07, 6.45) is 10.2. The van der Waals surface area contributed by atoms with Gasteiger partial charge in [0.2, 0.25) is 0 Å². The molecular weight excluding hydrogens is 228 g/mol. The van der Waals surface area contributed by atoms with E-state index in [4.69, 9.17) is 0 Å². The Hall–Kier alpha value is 0.170. The molecule has 0 rings (SSSR count). The van der Waals surface area contributed by atoms with Gasteiger partial charge < -0.3 is 4.18 Å². The van der Waals surface area contributed by atoms with Crippen molar-refractivity contribution in [3.8, 4) is 0 Å². The van der Waals surface area contributed by atoms with Gasteiger partial charge in [-0.3, -0.25) is 4.79 Å². The van der Waals surface area contributed by atoms with Crippen molar-refractivity contribution in [3.63, 3.8) is 0 Å². The standard InChI is InChI=1S/C11H22O2S2/c12-11(13-15)9-7-5-3-1-2-4-6-8-10-14/h14-15H,1-10H2. The van der Waals surface area contributed by atoms with E-state index in [9.17, 15) is 4.79 Å². The Balaban J connectivity index is 2.95. The van der Waals surface area contributed by atoms with Crippen LogP contribution < -0.4 is 0 Å². The summed E-state index contributed by atoms with van der Waals surface area (Å²) in [6.45, 7) is 0. The first-order valence-corrected chi connectivity index (χ1v) is 6.76. The summed E-state index contributed by atoms with van der Waals surface area (Å²) in [5, 5.41) is 0. The first-order valence-electron chi connectivity index (χ1n) is 5.76. The highest BCUT2D eigenvalue weighted by atomic mass is 32.1. The van der Waals surface area contributed by atoms with Gasteiger partial charge in [0.1, 0.15) is 0 Å². The molecule has 2 nitrogen and oxygen atoms in total. The highest BCUT2D eigenvalue weighted by Crippen LogP contribution is 2.10. The van der Waals surface area contributed by atoms with E-state index in [-0.39, 0.29) is 5.97 Å². The van der Waals surface area contributed by atoms with Crippen LogP contribution in [-0.4, -0.2) is 11.7 Å². The van der Waals surface area contributed by atoms with Gasteiger partial charge in [0.05, 0.1) is 0 Å². The Kier molecular flexibility index (Phi) is 12.4. The second-order valence-electron chi connectivity index (χ2n) is 3.77. The Morgan fingerprint density at radius 2 is 1.33 bits per heavy atom. The third kappa shape index (κ3) is 12.1. The minimum Gasteiger partial charge on any atom is -0.395 e. The molecule has 0 aliphatic carbocycles. The van der Waals surface area contributed by atoms with Gasteiger partial charge >= 0.3 is 5.97 Å². The van der Waals surface area contributed by atoms with E-state index in [1.165, 1.54) is 38.5 Å². The maximum atomic E-state index is 10.7. The van der Waals surface area contributed by atoms with Crippen molar-refractivity contribution < 1.29 is 8.98 Å². The van der Waals surface area contributed by atoms with Crippen LogP contribution in [0.1, 0.15) is 57.8 Å². The van der Waals surface area contributed by atoms with Crippen LogP contribution in [-0.2, 0) is 8.98 Å². The zero-order valence-corrected chi connectivity index (χ0v) is 11.1. The molecule has 0 N–H and O–H groups in total. The maximum absolute atomic E-state index is 10.7. The highest BCUT2D eigenvalue weighted by Gasteiger charge is 1.99. The van der Waals surface area contributed by atoms with Gasteiger partial charge in [0.15, 0.2) is 0 Å². The van der Waals surface area contributed by atoms with Crippen LogP contribution in [0, 0.1) is 0 Å². The number of carbonyl (C=O) groups is 1. The van der Waals surface area contributed by atoms with Gasteiger partial charge in [-0.2, -0.15) is 12.6 Å². The van der Waals surface area contributed by atoms with E-state index in [1.807, 2.05) is 0 Å². The van der Waals surface area contributed by atoms with Gasteiger partial charge in [0, 0.05) is 19.3 Å². The summed E-state index contributed by atoms with van der Waals surface area (Å²) in [5.74, 6) is 0.790. The molecule has 0 heterocycles. The molecule has 0 aliphatic heterocycles. The Morgan fingerprint density at radius 1 is 0.867 bits per heavy atom. The van der Waals surface area contributed by atoms with Crippen molar-refractivity contribution in [2.24, 2.45) is 0 Å². The average Bonchev–Trinajstić information content (AvgIpc) is 2.26. The quantitative estimate of drug-likeness (QED) is 0.350. The van der Waals surface area contributed by atoms with E-state index in [1.54, 1.807) is 0 Å². The summed E-state index contributed by atoms with van der Waals surface area (Å²) in [5.41, 5.74) is 0. The number of rotatable bonds is 10. The molecule has 0 bridgehead atoms. The number of thiol groups is 2. The van der Waals surface area contributed by atoms with Crippen molar-refractivity contribution in [2.45, 2.75) is 57.8 Å². The molecule has 0 amide bonds. The lowest BCUT2D eigenvalue weighted by molar-refractivity contribution is -0.132. The SMILES string of the molecule is O=C(CCCCCCCCCCS)OS. The van der Waals surface area contributed by atoms with E-state index in [0.717, 1.165) is 18.6 Å². The lowest BCUT2D eigenvalue weighted by Crippen LogP contribution is -1.95. The summed E-state index contributed by atoms with van der Waals surface area (Å²) >= 11 is 7.62.